The number of aromatic nitrogens is 3. The quantitative estimate of drug-likeness (QED) is 0.865. The van der Waals surface area contributed by atoms with Crippen LogP contribution < -0.4 is 0 Å². The van der Waals surface area contributed by atoms with Crippen LogP contribution in [0.2, 0.25) is 0 Å². The first kappa shape index (κ1) is 14.6. The van der Waals surface area contributed by atoms with Crippen LogP contribution >= 0.6 is 15.9 Å². The summed E-state index contributed by atoms with van der Waals surface area (Å²) in [6, 6.07) is 1.90. The van der Waals surface area contributed by atoms with Gasteiger partial charge in [-0.05, 0) is 28.4 Å². The lowest BCUT2D eigenvalue weighted by atomic mass is 10.2. The molecule has 0 atom stereocenters. The molecule has 0 unspecified atom stereocenters. The van der Waals surface area contributed by atoms with Gasteiger partial charge in [0.15, 0.2) is 11.5 Å². The zero-order valence-corrected chi connectivity index (χ0v) is 12.0. The van der Waals surface area contributed by atoms with Gasteiger partial charge in [0.1, 0.15) is 11.5 Å². The molecule has 5 nitrogen and oxygen atoms in total. The van der Waals surface area contributed by atoms with E-state index < -0.39 is 17.6 Å². The van der Waals surface area contributed by atoms with Crippen molar-refractivity contribution in [1.82, 2.24) is 15.0 Å². The second-order valence-electron chi connectivity index (χ2n) is 4.07. The fraction of sp³-hybridized carbons (Fsp3) is 0.250. The number of halogens is 3. The number of benzene rings is 1. The molecule has 0 radical (unpaired) electrons. The van der Waals surface area contributed by atoms with Gasteiger partial charge in [0.05, 0.1) is 10.2 Å². The number of carboxylic acid groups (broad SMARTS) is 1. The zero-order valence-electron chi connectivity index (χ0n) is 10.4. The molecular weight excluding hydrogens is 336 g/mol. The first-order chi connectivity index (χ1) is 9.45. The minimum Gasteiger partial charge on any atom is -0.476 e. The zero-order chi connectivity index (χ0) is 14.9. The number of carbonyl (C=O) groups is 1. The molecule has 0 amide bonds. The Bertz CT molecular complexity index is 673. The number of hydrogen-bond acceptors (Lipinski definition) is 3. The minimum atomic E-state index is -1.23. The highest BCUT2D eigenvalue weighted by molar-refractivity contribution is 9.10. The van der Waals surface area contributed by atoms with Crippen molar-refractivity contribution in [2.45, 2.75) is 19.8 Å². The largest absolute Gasteiger partial charge is 0.476 e. The van der Waals surface area contributed by atoms with Gasteiger partial charge in [0.25, 0.3) is 0 Å². The van der Waals surface area contributed by atoms with Crippen LogP contribution in [-0.2, 0) is 6.42 Å². The summed E-state index contributed by atoms with van der Waals surface area (Å²) in [6.45, 7) is 1.85. The SMILES string of the molecule is CCCc1c(C(=O)O)nnn1-c1cc(Br)c(F)cc1F. The summed E-state index contributed by atoms with van der Waals surface area (Å²) in [5, 5.41) is 16.2. The smallest absolute Gasteiger partial charge is 0.358 e. The van der Waals surface area contributed by atoms with E-state index in [0.717, 1.165) is 4.68 Å². The van der Waals surface area contributed by atoms with Gasteiger partial charge in [-0.25, -0.2) is 18.3 Å². The van der Waals surface area contributed by atoms with Crippen molar-refractivity contribution in [2.75, 3.05) is 0 Å². The molecule has 8 heteroatoms. The Morgan fingerprint density at radius 2 is 2.10 bits per heavy atom. The molecule has 1 heterocycles. The maximum atomic E-state index is 13.8. The summed E-state index contributed by atoms with van der Waals surface area (Å²) >= 11 is 2.96. The molecule has 0 aliphatic heterocycles. The highest BCUT2D eigenvalue weighted by Crippen LogP contribution is 2.24. The van der Waals surface area contributed by atoms with Crippen molar-refractivity contribution in [3.63, 3.8) is 0 Å². The lowest BCUT2D eigenvalue weighted by Gasteiger charge is -2.08. The van der Waals surface area contributed by atoms with Crippen LogP contribution in [0.4, 0.5) is 8.78 Å². The maximum absolute atomic E-state index is 13.8. The minimum absolute atomic E-state index is 0.0540. The van der Waals surface area contributed by atoms with Crippen molar-refractivity contribution < 1.29 is 18.7 Å². The van der Waals surface area contributed by atoms with E-state index in [0.29, 0.717) is 18.9 Å². The molecule has 1 aromatic heterocycles. The first-order valence-electron chi connectivity index (χ1n) is 5.78. The molecule has 0 spiro atoms. The third-order valence-corrected chi connectivity index (χ3v) is 3.28. The van der Waals surface area contributed by atoms with Crippen molar-refractivity contribution >= 4 is 21.9 Å². The number of rotatable bonds is 4. The van der Waals surface area contributed by atoms with Crippen LogP contribution in [0.5, 0.6) is 0 Å². The molecule has 2 aromatic rings. The Balaban J connectivity index is 2.63. The van der Waals surface area contributed by atoms with Gasteiger partial charge in [-0.1, -0.05) is 18.6 Å². The van der Waals surface area contributed by atoms with Crippen LogP contribution in [0, 0.1) is 11.6 Å². The van der Waals surface area contributed by atoms with Gasteiger partial charge in [-0.2, -0.15) is 0 Å². The van der Waals surface area contributed by atoms with E-state index in [1.54, 1.807) is 0 Å². The predicted molar refractivity (Wildman–Crippen MR) is 69.9 cm³/mol. The van der Waals surface area contributed by atoms with Crippen LogP contribution in [0.3, 0.4) is 0 Å². The molecular formula is C12H10BrF2N3O2. The van der Waals surface area contributed by atoms with Crippen molar-refractivity contribution in [2.24, 2.45) is 0 Å². The summed E-state index contributed by atoms with van der Waals surface area (Å²) in [6.07, 6.45) is 1.00. The molecule has 0 aliphatic rings. The summed E-state index contributed by atoms with van der Waals surface area (Å²) < 4.78 is 28.2. The summed E-state index contributed by atoms with van der Waals surface area (Å²) in [5.74, 6) is -2.83. The Morgan fingerprint density at radius 1 is 1.40 bits per heavy atom. The molecule has 1 N–H and O–H groups in total. The maximum Gasteiger partial charge on any atom is 0.358 e. The van der Waals surface area contributed by atoms with Gasteiger partial charge in [-0.15, -0.1) is 5.10 Å². The van der Waals surface area contributed by atoms with E-state index in [4.69, 9.17) is 5.11 Å². The number of carboxylic acids is 1. The fourth-order valence-electron chi connectivity index (χ4n) is 1.80. The average molecular weight is 346 g/mol. The molecule has 2 rings (SSSR count). The van der Waals surface area contributed by atoms with Gasteiger partial charge in [-0.3, -0.25) is 0 Å². The molecule has 0 bridgehead atoms. The van der Waals surface area contributed by atoms with Gasteiger partial charge < -0.3 is 5.11 Å². The van der Waals surface area contributed by atoms with Gasteiger partial charge in [0, 0.05) is 6.07 Å². The van der Waals surface area contributed by atoms with Gasteiger partial charge in [0.2, 0.25) is 0 Å². The Morgan fingerprint density at radius 3 is 2.70 bits per heavy atom. The monoisotopic (exact) mass is 345 g/mol. The Labute approximate surface area is 121 Å². The summed E-state index contributed by atoms with van der Waals surface area (Å²) in [5.41, 5.74) is -0.00849. The highest BCUT2D eigenvalue weighted by atomic mass is 79.9. The first-order valence-corrected chi connectivity index (χ1v) is 6.57. The molecule has 0 fully saturated rings. The van der Waals surface area contributed by atoms with Gasteiger partial charge >= 0.3 is 5.97 Å². The van der Waals surface area contributed by atoms with E-state index in [1.165, 1.54) is 6.07 Å². The van der Waals surface area contributed by atoms with Crippen LogP contribution in [0.15, 0.2) is 16.6 Å². The molecule has 1 aromatic carbocycles. The van der Waals surface area contributed by atoms with Crippen molar-refractivity contribution in [3.8, 4) is 5.69 Å². The summed E-state index contributed by atoms with van der Waals surface area (Å²) in [7, 11) is 0. The van der Waals surface area contributed by atoms with E-state index in [1.807, 2.05) is 6.92 Å². The van der Waals surface area contributed by atoms with Crippen LogP contribution in [0.25, 0.3) is 5.69 Å². The molecule has 0 aliphatic carbocycles. The lowest BCUT2D eigenvalue weighted by molar-refractivity contribution is 0.0689. The Hall–Kier alpha value is -1.83. The van der Waals surface area contributed by atoms with E-state index >= 15 is 0 Å². The molecule has 0 saturated carbocycles. The summed E-state index contributed by atoms with van der Waals surface area (Å²) in [4.78, 5) is 11.1. The third-order valence-electron chi connectivity index (χ3n) is 2.67. The molecule has 106 valence electrons. The van der Waals surface area contributed by atoms with Crippen molar-refractivity contribution in [3.05, 3.63) is 39.6 Å². The highest BCUT2D eigenvalue weighted by Gasteiger charge is 2.21. The average Bonchev–Trinajstić information content (AvgIpc) is 2.78. The number of hydrogen-bond donors (Lipinski definition) is 1. The lowest BCUT2D eigenvalue weighted by Crippen LogP contribution is -2.08. The van der Waals surface area contributed by atoms with Crippen LogP contribution in [-0.4, -0.2) is 26.1 Å². The number of aromatic carboxylic acids is 1. The standard InChI is InChI=1S/C12H10BrF2N3O2/c1-2-3-9-11(12(19)20)16-17-18(9)10-4-6(13)7(14)5-8(10)15/h4-5H,2-3H2,1H3,(H,19,20). The van der Waals surface area contributed by atoms with Crippen LogP contribution in [0.1, 0.15) is 29.5 Å². The normalized spacial score (nSPS) is 10.8. The third kappa shape index (κ3) is 2.55. The number of nitrogens with zero attached hydrogens (tertiary/aromatic N) is 3. The Kier molecular flexibility index (Phi) is 4.12. The van der Waals surface area contributed by atoms with E-state index in [-0.39, 0.29) is 21.5 Å². The topological polar surface area (TPSA) is 68.0 Å². The fourth-order valence-corrected chi connectivity index (χ4v) is 2.13. The van der Waals surface area contributed by atoms with E-state index in [9.17, 15) is 13.6 Å². The van der Waals surface area contributed by atoms with E-state index in [2.05, 4.69) is 26.2 Å². The molecule has 20 heavy (non-hydrogen) atoms. The second kappa shape index (κ2) is 5.66. The predicted octanol–water partition coefficient (Wildman–Crippen LogP) is 2.96. The molecule has 0 saturated heterocycles. The second-order valence-corrected chi connectivity index (χ2v) is 4.92. The van der Waals surface area contributed by atoms with Crippen molar-refractivity contribution in [1.29, 1.82) is 0 Å².